The molecule has 128 valence electrons. The van der Waals surface area contributed by atoms with Crippen LogP contribution in [-0.2, 0) is 16.1 Å². The van der Waals surface area contributed by atoms with Gasteiger partial charge in [-0.25, -0.2) is 4.98 Å². The molecule has 0 radical (unpaired) electrons. The van der Waals surface area contributed by atoms with Gasteiger partial charge in [-0.15, -0.1) is 11.3 Å². The number of rotatable bonds is 5. The first-order valence-corrected chi connectivity index (χ1v) is 8.83. The van der Waals surface area contributed by atoms with Gasteiger partial charge in [0.15, 0.2) is 0 Å². The number of hydrogen-bond acceptors (Lipinski definition) is 5. The third kappa shape index (κ3) is 4.75. The Morgan fingerprint density at radius 1 is 1.30 bits per heavy atom. The van der Waals surface area contributed by atoms with E-state index in [0.29, 0.717) is 30.0 Å². The molecule has 1 aliphatic rings. The molecule has 23 heavy (non-hydrogen) atoms. The second-order valence-electron chi connectivity index (χ2n) is 5.97. The molecule has 1 aliphatic carbocycles. The standard InChI is InChI=1S/C16H24N2O4S/c1-10-14(23-13(17-10)9-22-2)15(19)18-12-8-6-4-3-5-7-11(12)16(20)21/h11-12H,3-9H2,1-2H3,(H,18,19)(H,20,21). The molecule has 2 N–H and O–H groups in total. The van der Waals surface area contributed by atoms with Crippen molar-refractivity contribution < 1.29 is 19.4 Å². The number of amides is 1. The first kappa shape index (κ1) is 17.9. The summed E-state index contributed by atoms with van der Waals surface area (Å²) in [5, 5.41) is 13.2. The minimum absolute atomic E-state index is 0.223. The monoisotopic (exact) mass is 340 g/mol. The van der Waals surface area contributed by atoms with Crippen molar-refractivity contribution in [3.05, 3.63) is 15.6 Å². The summed E-state index contributed by atoms with van der Waals surface area (Å²) in [5.74, 6) is -1.55. The Kier molecular flexibility index (Phi) is 6.53. The molecule has 0 aliphatic heterocycles. The normalized spacial score (nSPS) is 22.2. The zero-order valence-electron chi connectivity index (χ0n) is 13.6. The SMILES string of the molecule is COCc1nc(C)c(C(=O)NC2CCCCCCC2C(=O)O)s1. The summed E-state index contributed by atoms with van der Waals surface area (Å²) in [6.45, 7) is 2.16. The largest absolute Gasteiger partial charge is 0.481 e. The van der Waals surface area contributed by atoms with Crippen molar-refractivity contribution in [2.24, 2.45) is 5.92 Å². The van der Waals surface area contributed by atoms with Crippen molar-refractivity contribution >= 4 is 23.2 Å². The molecule has 1 heterocycles. The summed E-state index contributed by atoms with van der Waals surface area (Å²) in [6.07, 6.45) is 5.35. The summed E-state index contributed by atoms with van der Waals surface area (Å²) in [7, 11) is 1.59. The number of carboxylic acids is 1. The van der Waals surface area contributed by atoms with Crippen molar-refractivity contribution in [3.8, 4) is 0 Å². The molecule has 0 spiro atoms. The minimum Gasteiger partial charge on any atom is -0.481 e. The maximum atomic E-state index is 12.5. The molecule has 7 heteroatoms. The Morgan fingerprint density at radius 2 is 2.00 bits per heavy atom. The molecule has 1 saturated carbocycles. The van der Waals surface area contributed by atoms with Gasteiger partial charge in [0.1, 0.15) is 9.88 Å². The van der Waals surface area contributed by atoms with Crippen LogP contribution in [-0.4, -0.2) is 35.1 Å². The van der Waals surface area contributed by atoms with Gasteiger partial charge in [-0.3, -0.25) is 9.59 Å². The highest BCUT2D eigenvalue weighted by atomic mass is 32.1. The van der Waals surface area contributed by atoms with Gasteiger partial charge in [-0.2, -0.15) is 0 Å². The lowest BCUT2D eigenvalue weighted by atomic mass is 9.86. The van der Waals surface area contributed by atoms with Gasteiger partial charge < -0.3 is 15.2 Å². The fourth-order valence-electron chi connectivity index (χ4n) is 3.03. The fourth-order valence-corrected chi connectivity index (χ4v) is 3.97. The number of ether oxygens (including phenoxy) is 1. The maximum absolute atomic E-state index is 12.5. The van der Waals surface area contributed by atoms with Gasteiger partial charge >= 0.3 is 5.97 Å². The predicted octanol–water partition coefficient (Wildman–Crippen LogP) is 2.75. The molecular weight excluding hydrogens is 316 g/mol. The summed E-state index contributed by atoms with van der Waals surface area (Å²) in [6, 6.07) is -0.312. The van der Waals surface area contributed by atoms with Crippen LogP contribution in [0.3, 0.4) is 0 Å². The Bertz CT molecular complexity index is 558. The number of carboxylic acid groups (broad SMARTS) is 1. The van der Waals surface area contributed by atoms with Crippen LogP contribution in [0.5, 0.6) is 0 Å². The Labute approximate surface area is 140 Å². The van der Waals surface area contributed by atoms with Gasteiger partial charge in [0.2, 0.25) is 0 Å². The quantitative estimate of drug-likeness (QED) is 0.860. The zero-order chi connectivity index (χ0) is 16.8. The van der Waals surface area contributed by atoms with Crippen LogP contribution in [0, 0.1) is 12.8 Å². The van der Waals surface area contributed by atoms with E-state index in [1.807, 2.05) is 0 Å². The van der Waals surface area contributed by atoms with Crippen LogP contribution in [0.15, 0.2) is 0 Å². The van der Waals surface area contributed by atoms with E-state index in [9.17, 15) is 14.7 Å². The second kappa shape index (κ2) is 8.40. The number of methoxy groups -OCH3 is 1. The number of nitrogens with one attached hydrogen (secondary N) is 1. The Hall–Kier alpha value is -1.47. The van der Waals surface area contributed by atoms with E-state index in [2.05, 4.69) is 10.3 Å². The van der Waals surface area contributed by atoms with E-state index in [1.54, 1.807) is 14.0 Å². The molecule has 2 rings (SSSR count). The van der Waals surface area contributed by atoms with Gasteiger partial charge in [-0.1, -0.05) is 25.7 Å². The van der Waals surface area contributed by atoms with Crippen LogP contribution in [0.4, 0.5) is 0 Å². The molecule has 2 unspecified atom stereocenters. The molecule has 1 aromatic heterocycles. The van der Waals surface area contributed by atoms with E-state index in [0.717, 1.165) is 30.7 Å². The fraction of sp³-hybridized carbons (Fsp3) is 0.688. The summed E-state index contributed by atoms with van der Waals surface area (Å²) in [4.78, 5) is 28.9. The molecule has 0 saturated heterocycles. The predicted molar refractivity (Wildman–Crippen MR) is 87.6 cm³/mol. The first-order valence-electron chi connectivity index (χ1n) is 8.01. The lowest BCUT2D eigenvalue weighted by Gasteiger charge is -2.27. The molecule has 0 bridgehead atoms. The average molecular weight is 340 g/mol. The maximum Gasteiger partial charge on any atom is 0.308 e. The van der Waals surface area contributed by atoms with E-state index >= 15 is 0 Å². The number of carbonyl (C=O) groups excluding carboxylic acids is 1. The molecular formula is C16H24N2O4S. The number of aliphatic carboxylic acids is 1. The molecule has 6 nitrogen and oxygen atoms in total. The summed E-state index contributed by atoms with van der Waals surface area (Å²) in [5.41, 5.74) is 0.664. The van der Waals surface area contributed by atoms with E-state index in [-0.39, 0.29) is 11.9 Å². The van der Waals surface area contributed by atoms with Crippen molar-refractivity contribution in [1.82, 2.24) is 10.3 Å². The number of hydrogen-bond donors (Lipinski definition) is 2. The third-order valence-corrected chi connectivity index (χ3v) is 5.34. The van der Waals surface area contributed by atoms with E-state index < -0.39 is 11.9 Å². The zero-order valence-corrected chi connectivity index (χ0v) is 14.4. The lowest BCUT2D eigenvalue weighted by Crippen LogP contribution is -2.43. The second-order valence-corrected chi connectivity index (χ2v) is 7.06. The third-order valence-electron chi connectivity index (χ3n) is 4.21. The smallest absolute Gasteiger partial charge is 0.308 e. The molecule has 0 aromatic carbocycles. The molecule has 2 atom stereocenters. The summed E-state index contributed by atoms with van der Waals surface area (Å²) < 4.78 is 5.04. The number of thiazole rings is 1. The number of carbonyl (C=O) groups is 2. The number of nitrogens with zero attached hydrogens (tertiary/aromatic N) is 1. The van der Waals surface area contributed by atoms with Crippen molar-refractivity contribution in [2.45, 2.75) is 58.1 Å². The van der Waals surface area contributed by atoms with Crippen molar-refractivity contribution in [1.29, 1.82) is 0 Å². The number of aryl methyl sites for hydroxylation is 1. The number of aromatic nitrogens is 1. The average Bonchev–Trinajstić information content (AvgIpc) is 2.82. The highest BCUT2D eigenvalue weighted by Crippen LogP contribution is 2.25. The first-order chi connectivity index (χ1) is 11.0. The highest BCUT2D eigenvalue weighted by molar-refractivity contribution is 7.13. The Morgan fingerprint density at radius 3 is 2.65 bits per heavy atom. The summed E-state index contributed by atoms with van der Waals surface area (Å²) >= 11 is 1.30. The van der Waals surface area contributed by atoms with Crippen molar-refractivity contribution in [2.75, 3.05) is 7.11 Å². The van der Waals surface area contributed by atoms with Gasteiger partial charge in [-0.05, 0) is 19.8 Å². The van der Waals surface area contributed by atoms with Crippen molar-refractivity contribution in [3.63, 3.8) is 0 Å². The van der Waals surface area contributed by atoms with Crippen LogP contribution in [0.1, 0.15) is 58.9 Å². The molecule has 1 amide bonds. The van der Waals surface area contributed by atoms with Gasteiger partial charge in [0, 0.05) is 13.2 Å². The van der Waals surface area contributed by atoms with Crippen LogP contribution in [0.2, 0.25) is 0 Å². The van der Waals surface area contributed by atoms with E-state index in [4.69, 9.17) is 4.74 Å². The molecule has 1 fully saturated rings. The molecule has 1 aromatic rings. The van der Waals surface area contributed by atoms with Crippen LogP contribution in [0.25, 0.3) is 0 Å². The van der Waals surface area contributed by atoms with Crippen LogP contribution < -0.4 is 5.32 Å². The van der Waals surface area contributed by atoms with Crippen LogP contribution >= 0.6 is 11.3 Å². The highest BCUT2D eigenvalue weighted by Gasteiger charge is 2.30. The van der Waals surface area contributed by atoms with E-state index in [1.165, 1.54) is 11.3 Å². The Balaban J connectivity index is 2.10. The minimum atomic E-state index is -0.821. The topological polar surface area (TPSA) is 88.5 Å². The van der Waals surface area contributed by atoms with Gasteiger partial charge in [0.25, 0.3) is 5.91 Å². The lowest BCUT2D eigenvalue weighted by molar-refractivity contribution is -0.143. The van der Waals surface area contributed by atoms with Gasteiger partial charge in [0.05, 0.1) is 18.2 Å².